The normalized spacial score (nSPS) is 11.3. The Kier molecular flexibility index (Phi) is 2.65. The van der Waals surface area contributed by atoms with E-state index < -0.39 is 0 Å². The fourth-order valence-electron chi connectivity index (χ4n) is 2.41. The SMILES string of the molecule is Cc1nn(-c2cccc(Cl)c2)c2nc3ccccc3nc12. The van der Waals surface area contributed by atoms with E-state index in [1.165, 1.54) is 0 Å². The highest BCUT2D eigenvalue weighted by atomic mass is 35.5. The summed E-state index contributed by atoms with van der Waals surface area (Å²) in [5.41, 5.74) is 5.02. The number of aromatic nitrogens is 4. The lowest BCUT2D eigenvalue weighted by atomic mass is 10.3. The molecule has 0 amide bonds. The minimum Gasteiger partial charge on any atom is -0.241 e. The number of nitrogens with zero attached hydrogens (tertiary/aromatic N) is 4. The minimum atomic E-state index is 0.669. The van der Waals surface area contributed by atoms with Crippen molar-refractivity contribution in [2.24, 2.45) is 0 Å². The molecule has 0 saturated heterocycles. The average molecular weight is 295 g/mol. The minimum absolute atomic E-state index is 0.669. The number of rotatable bonds is 1. The second-order valence-corrected chi connectivity index (χ2v) is 5.30. The van der Waals surface area contributed by atoms with Crippen LogP contribution >= 0.6 is 11.6 Å². The molecule has 0 saturated carbocycles. The summed E-state index contributed by atoms with van der Waals surface area (Å²) < 4.78 is 1.79. The first kappa shape index (κ1) is 12.3. The van der Waals surface area contributed by atoms with Gasteiger partial charge in [-0.25, -0.2) is 14.6 Å². The van der Waals surface area contributed by atoms with Crippen molar-refractivity contribution in [2.45, 2.75) is 6.92 Å². The second-order valence-electron chi connectivity index (χ2n) is 4.86. The molecular formula is C16H11ClN4. The van der Waals surface area contributed by atoms with Crippen LogP contribution in [0.2, 0.25) is 5.02 Å². The largest absolute Gasteiger partial charge is 0.241 e. The van der Waals surface area contributed by atoms with Crippen LogP contribution in [0.1, 0.15) is 5.69 Å². The van der Waals surface area contributed by atoms with Gasteiger partial charge in [-0.15, -0.1) is 0 Å². The van der Waals surface area contributed by atoms with Crippen LogP contribution in [0.3, 0.4) is 0 Å². The molecule has 4 nitrogen and oxygen atoms in total. The Morgan fingerprint density at radius 2 is 1.71 bits per heavy atom. The van der Waals surface area contributed by atoms with Crippen molar-refractivity contribution in [3.05, 3.63) is 59.2 Å². The molecule has 4 aromatic rings. The van der Waals surface area contributed by atoms with Crippen molar-refractivity contribution < 1.29 is 0 Å². The summed E-state index contributed by atoms with van der Waals surface area (Å²) in [5.74, 6) is 0. The number of fused-ring (bicyclic) bond motifs is 2. The van der Waals surface area contributed by atoms with Gasteiger partial charge in [0.25, 0.3) is 0 Å². The van der Waals surface area contributed by atoms with Crippen LogP contribution in [0.15, 0.2) is 48.5 Å². The van der Waals surface area contributed by atoms with Crippen LogP contribution in [0.4, 0.5) is 0 Å². The summed E-state index contributed by atoms with van der Waals surface area (Å²) in [6.45, 7) is 1.94. The number of hydrogen-bond donors (Lipinski definition) is 0. The van der Waals surface area contributed by atoms with Gasteiger partial charge in [0.2, 0.25) is 0 Å². The van der Waals surface area contributed by atoms with Crippen molar-refractivity contribution in [1.29, 1.82) is 0 Å². The van der Waals surface area contributed by atoms with Gasteiger partial charge < -0.3 is 0 Å². The Balaban J connectivity index is 2.08. The molecule has 0 fully saturated rings. The second kappa shape index (κ2) is 4.53. The zero-order valence-electron chi connectivity index (χ0n) is 11.3. The molecule has 0 N–H and O–H groups in total. The Bertz CT molecular complexity index is 975. The molecule has 2 aromatic heterocycles. The topological polar surface area (TPSA) is 43.6 Å². The summed E-state index contributed by atoms with van der Waals surface area (Å²) in [6.07, 6.45) is 0. The number of halogens is 1. The molecule has 0 aliphatic heterocycles. The fraction of sp³-hybridized carbons (Fsp3) is 0.0625. The first-order valence-electron chi connectivity index (χ1n) is 6.60. The zero-order chi connectivity index (χ0) is 14.4. The van der Waals surface area contributed by atoms with Crippen LogP contribution in [-0.4, -0.2) is 19.7 Å². The van der Waals surface area contributed by atoms with Crippen molar-refractivity contribution in [1.82, 2.24) is 19.7 Å². The summed E-state index contributed by atoms with van der Waals surface area (Å²) in [4.78, 5) is 9.37. The third kappa shape index (κ3) is 1.96. The lowest BCUT2D eigenvalue weighted by molar-refractivity contribution is 0.879. The first-order chi connectivity index (χ1) is 10.2. The highest BCUT2D eigenvalue weighted by Crippen LogP contribution is 2.23. The Morgan fingerprint density at radius 1 is 0.952 bits per heavy atom. The van der Waals surface area contributed by atoms with Gasteiger partial charge in [0.05, 0.1) is 22.4 Å². The Morgan fingerprint density at radius 3 is 2.48 bits per heavy atom. The predicted octanol–water partition coefficient (Wildman–Crippen LogP) is 3.93. The zero-order valence-corrected chi connectivity index (χ0v) is 12.0. The van der Waals surface area contributed by atoms with E-state index in [-0.39, 0.29) is 0 Å². The van der Waals surface area contributed by atoms with E-state index in [2.05, 4.69) is 10.1 Å². The van der Waals surface area contributed by atoms with Crippen LogP contribution in [0.5, 0.6) is 0 Å². The molecule has 0 unspecified atom stereocenters. The van der Waals surface area contributed by atoms with Gasteiger partial charge in [-0.3, -0.25) is 0 Å². The number of para-hydroxylation sites is 2. The highest BCUT2D eigenvalue weighted by molar-refractivity contribution is 6.30. The molecule has 0 radical (unpaired) electrons. The van der Waals surface area contributed by atoms with Gasteiger partial charge in [-0.2, -0.15) is 5.10 Å². The third-order valence-corrected chi connectivity index (χ3v) is 3.63. The molecule has 2 heterocycles. The van der Waals surface area contributed by atoms with Crippen molar-refractivity contribution in [3.8, 4) is 5.69 Å². The van der Waals surface area contributed by atoms with E-state index in [1.54, 1.807) is 4.68 Å². The van der Waals surface area contributed by atoms with E-state index in [4.69, 9.17) is 16.6 Å². The smallest absolute Gasteiger partial charge is 0.182 e. The quantitative estimate of drug-likeness (QED) is 0.534. The van der Waals surface area contributed by atoms with E-state index in [0.717, 1.165) is 33.6 Å². The molecule has 102 valence electrons. The molecule has 0 atom stereocenters. The summed E-state index contributed by atoms with van der Waals surface area (Å²) in [6, 6.07) is 15.4. The highest BCUT2D eigenvalue weighted by Gasteiger charge is 2.13. The molecule has 0 bridgehead atoms. The van der Waals surface area contributed by atoms with Crippen LogP contribution in [0.25, 0.3) is 27.9 Å². The van der Waals surface area contributed by atoms with Crippen LogP contribution in [0, 0.1) is 6.92 Å². The van der Waals surface area contributed by atoms with E-state index >= 15 is 0 Å². The van der Waals surface area contributed by atoms with Gasteiger partial charge in [-0.05, 0) is 37.3 Å². The maximum absolute atomic E-state index is 6.07. The molecule has 5 heteroatoms. The van der Waals surface area contributed by atoms with Crippen molar-refractivity contribution >= 4 is 33.8 Å². The summed E-state index contributed by atoms with van der Waals surface area (Å²) in [7, 11) is 0. The third-order valence-electron chi connectivity index (χ3n) is 3.40. The van der Waals surface area contributed by atoms with Gasteiger partial charge >= 0.3 is 0 Å². The van der Waals surface area contributed by atoms with Gasteiger partial charge in [0.15, 0.2) is 5.65 Å². The average Bonchev–Trinajstić information content (AvgIpc) is 2.82. The molecule has 0 aliphatic rings. The molecular weight excluding hydrogens is 284 g/mol. The molecule has 21 heavy (non-hydrogen) atoms. The van der Waals surface area contributed by atoms with Gasteiger partial charge in [-0.1, -0.05) is 29.8 Å². The Labute approximate surface area is 126 Å². The molecule has 2 aromatic carbocycles. The van der Waals surface area contributed by atoms with E-state index in [9.17, 15) is 0 Å². The maximum atomic E-state index is 6.07. The molecule has 0 spiro atoms. The van der Waals surface area contributed by atoms with Crippen molar-refractivity contribution in [3.63, 3.8) is 0 Å². The van der Waals surface area contributed by atoms with E-state index in [1.807, 2.05) is 55.5 Å². The lowest BCUT2D eigenvalue weighted by Gasteiger charge is -2.03. The van der Waals surface area contributed by atoms with Gasteiger partial charge in [0, 0.05) is 5.02 Å². The van der Waals surface area contributed by atoms with Crippen molar-refractivity contribution in [2.75, 3.05) is 0 Å². The monoisotopic (exact) mass is 294 g/mol. The standard InChI is InChI=1S/C16H11ClN4/c1-10-15-16(19-14-8-3-2-7-13(14)18-15)21(20-10)12-6-4-5-11(17)9-12/h2-9H,1H3. The fourth-order valence-corrected chi connectivity index (χ4v) is 2.60. The maximum Gasteiger partial charge on any atom is 0.182 e. The Hall–Kier alpha value is -2.46. The summed E-state index contributed by atoms with van der Waals surface area (Å²) in [5, 5.41) is 5.23. The van der Waals surface area contributed by atoms with E-state index in [0.29, 0.717) is 5.02 Å². The van der Waals surface area contributed by atoms with Crippen LogP contribution < -0.4 is 0 Å². The summed E-state index contributed by atoms with van der Waals surface area (Å²) >= 11 is 6.07. The molecule has 0 aliphatic carbocycles. The predicted molar refractivity (Wildman–Crippen MR) is 83.9 cm³/mol. The number of benzene rings is 2. The number of aryl methyl sites for hydroxylation is 1. The number of hydrogen-bond acceptors (Lipinski definition) is 3. The van der Waals surface area contributed by atoms with Crippen LogP contribution in [-0.2, 0) is 0 Å². The first-order valence-corrected chi connectivity index (χ1v) is 6.98. The molecule has 4 rings (SSSR count). The lowest BCUT2D eigenvalue weighted by Crippen LogP contribution is -1.98. The van der Waals surface area contributed by atoms with Gasteiger partial charge in [0.1, 0.15) is 5.52 Å².